The number of aromatic hydroxyl groups is 1. The Hall–Kier alpha value is -1.58. The Kier molecular flexibility index (Phi) is 3.55. The molecule has 0 aromatic heterocycles. The molecule has 0 bridgehead atoms. The molecule has 0 spiro atoms. The zero-order valence-electron chi connectivity index (χ0n) is 10.7. The molecule has 1 aliphatic rings. The number of likely N-dealkylation sites (tertiary alicyclic amines) is 1. The summed E-state index contributed by atoms with van der Waals surface area (Å²) in [7, 11) is 0. The quantitative estimate of drug-likeness (QED) is 0.833. The molecule has 18 heavy (non-hydrogen) atoms. The van der Waals surface area contributed by atoms with Crippen LogP contribution in [-0.4, -0.2) is 29.0 Å². The van der Waals surface area contributed by atoms with E-state index < -0.39 is 5.82 Å². The molecule has 1 aromatic rings. The second-order valence-corrected chi connectivity index (χ2v) is 5.09. The fraction of sp³-hybridized carbons (Fsp3) is 0.500. The predicted molar refractivity (Wildman–Crippen MR) is 67.1 cm³/mol. The molecule has 1 saturated heterocycles. The number of aryl methyl sites for hydroxylation is 1. The van der Waals surface area contributed by atoms with Crippen LogP contribution in [0.3, 0.4) is 0 Å². The highest BCUT2D eigenvalue weighted by molar-refractivity contribution is 5.95. The lowest BCUT2D eigenvalue weighted by Gasteiger charge is -2.30. The van der Waals surface area contributed by atoms with Gasteiger partial charge in [-0.1, -0.05) is 6.92 Å². The van der Waals surface area contributed by atoms with Gasteiger partial charge in [0.1, 0.15) is 11.6 Å². The average molecular weight is 251 g/mol. The lowest BCUT2D eigenvalue weighted by atomic mass is 9.98. The Bertz CT molecular complexity index is 465. The molecular weight excluding hydrogens is 233 g/mol. The lowest BCUT2D eigenvalue weighted by molar-refractivity contribution is 0.0692. The number of benzene rings is 1. The number of rotatable bonds is 1. The van der Waals surface area contributed by atoms with E-state index in [4.69, 9.17) is 0 Å². The number of phenolic OH excluding ortho intramolecular Hbond substituents is 1. The summed E-state index contributed by atoms with van der Waals surface area (Å²) in [4.78, 5) is 13.8. The minimum Gasteiger partial charge on any atom is -0.508 e. The summed E-state index contributed by atoms with van der Waals surface area (Å²) in [5, 5.41) is 9.58. The fourth-order valence-electron chi connectivity index (χ4n) is 2.21. The second-order valence-electron chi connectivity index (χ2n) is 5.09. The minimum atomic E-state index is -0.561. The summed E-state index contributed by atoms with van der Waals surface area (Å²) in [6.45, 7) is 5.08. The van der Waals surface area contributed by atoms with Crippen LogP contribution in [0, 0.1) is 18.7 Å². The Balaban J connectivity index is 2.21. The molecule has 0 radical (unpaired) electrons. The summed E-state index contributed by atoms with van der Waals surface area (Å²) < 4.78 is 13.8. The molecule has 1 N–H and O–H groups in total. The van der Waals surface area contributed by atoms with Crippen molar-refractivity contribution in [2.75, 3.05) is 13.1 Å². The Morgan fingerprint density at radius 3 is 2.61 bits per heavy atom. The van der Waals surface area contributed by atoms with Crippen LogP contribution < -0.4 is 0 Å². The van der Waals surface area contributed by atoms with E-state index >= 15 is 0 Å². The smallest absolute Gasteiger partial charge is 0.256 e. The number of piperidine rings is 1. The SMILES string of the molecule is Cc1cc(F)c(C(=O)N2CCC(C)CC2)cc1O. The van der Waals surface area contributed by atoms with Crippen molar-refractivity contribution in [1.82, 2.24) is 4.90 Å². The highest BCUT2D eigenvalue weighted by atomic mass is 19.1. The van der Waals surface area contributed by atoms with Crippen molar-refractivity contribution in [3.05, 3.63) is 29.1 Å². The van der Waals surface area contributed by atoms with E-state index in [0.717, 1.165) is 12.8 Å². The van der Waals surface area contributed by atoms with E-state index in [1.165, 1.54) is 12.1 Å². The number of phenols is 1. The van der Waals surface area contributed by atoms with E-state index in [9.17, 15) is 14.3 Å². The second kappa shape index (κ2) is 4.96. The summed E-state index contributed by atoms with van der Waals surface area (Å²) in [6, 6.07) is 2.43. The van der Waals surface area contributed by atoms with Crippen LogP contribution in [0.4, 0.5) is 4.39 Å². The van der Waals surface area contributed by atoms with Crippen molar-refractivity contribution in [3.63, 3.8) is 0 Å². The highest BCUT2D eigenvalue weighted by Gasteiger charge is 2.24. The summed E-state index contributed by atoms with van der Waals surface area (Å²) >= 11 is 0. The zero-order valence-corrected chi connectivity index (χ0v) is 10.7. The van der Waals surface area contributed by atoms with Crippen LogP contribution in [0.5, 0.6) is 5.75 Å². The van der Waals surface area contributed by atoms with Crippen LogP contribution in [0.1, 0.15) is 35.7 Å². The molecule has 98 valence electrons. The molecule has 0 unspecified atom stereocenters. The first-order valence-electron chi connectivity index (χ1n) is 6.27. The van der Waals surface area contributed by atoms with Crippen LogP contribution >= 0.6 is 0 Å². The lowest BCUT2D eigenvalue weighted by Crippen LogP contribution is -2.38. The van der Waals surface area contributed by atoms with Crippen molar-refractivity contribution in [3.8, 4) is 5.75 Å². The molecule has 0 atom stereocenters. The molecule has 1 heterocycles. The highest BCUT2D eigenvalue weighted by Crippen LogP contribution is 2.24. The third-order valence-electron chi connectivity index (χ3n) is 3.59. The largest absolute Gasteiger partial charge is 0.508 e. The van der Waals surface area contributed by atoms with Crippen molar-refractivity contribution >= 4 is 5.91 Å². The first kappa shape index (κ1) is 12.9. The molecule has 0 aliphatic carbocycles. The molecule has 3 nitrogen and oxygen atoms in total. The van der Waals surface area contributed by atoms with Gasteiger partial charge in [0, 0.05) is 13.1 Å². The van der Waals surface area contributed by atoms with Crippen molar-refractivity contribution in [1.29, 1.82) is 0 Å². The molecule has 2 rings (SSSR count). The molecule has 1 aliphatic heterocycles. The van der Waals surface area contributed by atoms with Gasteiger partial charge in [-0.15, -0.1) is 0 Å². The number of hydrogen-bond donors (Lipinski definition) is 1. The molecule has 1 aromatic carbocycles. The maximum absolute atomic E-state index is 13.8. The van der Waals surface area contributed by atoms with E-state index in [1.807, 2.05) is 0 Å². The summed E-state index contributed by atoms with van der Waals surface area (Å²) in [5.41, 5.74) is 0.406. The Morgan fingerprint density at radius 1 is 1.39 bits per heavy atom. The van der Waals surface area contributed by atoms with Gasteiger partial charge in [0.05, 0.1) is 5.56 Å². The van der Waals surface area contributed by atoms with E-state index in [-0.39, 0.29) is 17.2 Å². The maximum Gasteiger partial charge on any atom is 0.256 e. The van der Waals surface area contributed by atoms with Gasteiger partial charge in [-0.3, -0.25) is 4.79 Å². The standard InChI is InChI=1S/C14H18FNO2/c1-9-3-5-16(6-4-9)14(18)11-8-13(17)10(2)7-12(11)15/h7-9,17H,3-6H2,1-2H3. The molecular formula is C14H18FNO2. The fourth-order valence-corrected chi connectivity index (χ4v) is 2.21. The third-order valence-corrected chi connectivity index (χ3v) is 3.59. The van der Waals surface area contributed by atoms with Crippen molar-refractivity contribution in [2.45, 2.75) is 26.7 Å². The van der Waals surface area contributed by atoms with Crippen LogP contribution in [-0.2, 0) is 0 Å². The number of carbonyl (C=O) groups excluding carboxylic acids is 1. The number of hydrogen-bond acceptors (Lipinski definition) is 2. The number of amides is 1. The Labute approximate surface area is 106 Å². The van der Waals surface area contributed by atoms with E-state index in [0.29, 0.717) is 24.6 Å². The minimum absolute atomic E-state index is 0.0346. The monoisotopic (exact) mass is 251 g/mol. The van der Waals surface area contributed by atoms with Gasteiger partial charge >= 0.3 is 0 Å². The van der Waals surface area contributed by atoms with Gasteiger partial charge < -0.3 is 10.0 Å². The maximum atomic E-state index is 13.8. The summed E-state index contributed by atoms with van der Waals surface area (Å²) in [6.07, 6.45) is 1.90. The molecule has 4 heteroatoms. The molecule has 0 saturated carbocycles. The summed E-state index contributed by atoms with van der Waals surface area (Å²) in [5.74, 6) is -0.306. The third kappa shape index (κ3) is 2.47. The first-order valence-corrected chi connectivity index (χ1v) is 6.27. The predicted octanol–water partition coefficient (Wildman–Crippen LogP) is 2.71. The van der Waals surface area contributed by atoms with Crippen LogP contribution in [0.25, 0.3) is 0 Å². The molecule has 1 amide bonds. The van der Waals surface area contributed by atoms with Gasteiger partial charge in [-0.2, -0.15) is 0 Å². The number of carbonyl (C=O) groups is 1. The van der Waals surface area contributed by atoms with Gasteiger partial charge in [-0.25, -0.2) is 4.39 Å². The van der Waals surface area contributed by atoms with Crippen LogP contribution in [0.15, 0.2) is 12.1 Å². The van der Waals surface area contributed by atoms with Crippen LogP contribution in [0.2, 0.25) is 0 Å². The van der Waals surface area contributed by atoms with Gasteiger partial charge in [-0.05, 0) is 43.4 Å². The van der Waals surface area contributed by atoms with E-state index in [2.05, 4.69) is 6.92 Å². The Morgan fingerprint density at radius 2 is 2.00 bits per heavy atom. The first-order chi connectivity index (χ1) is 8.49. The van der Waals surface area contributed by atoms with Gasteiger partial charge in [0.15, 0.2) is 0 Å². The normalized spacial score (nSPS) is 16.9. The van der Waals surface area contributed by atoms with Gasteiger partial charge in [0.2, 0.25) is 0 Å². The molecule has 1 fully saturated rings. The zero-order chi connectivity index (χ0) is 13.3. The topological polar surface area (TPSA) is 40.5 Å². The average Bonchev–Trinajstić information content (AvgIpc) is 2.34. The van der Waals surface area contributed by atoms with Crippen molar-refractivity contribution in [2.24, 2.45) is 5.92 Å². The number of nitrogens with zero attached hydrogens (tertiary/aromatic N) is 1. The van der Waals surface area contributed by atoms with Crippen molar-refractivity contribution < 1.29 is 14.3 Å². The van der Waals surface area contributed by atoms with Gasteiger partial charge in [0.25, 0.3) is 5.91 Å². The number of halogens is 1. The van der Waals surface area contributed by atoms with E-state index in [1.54, 1.807) is 11.8 Å².